The highest BCUT2D eigenvalue weighted by Crippen LogP contribution is 2.33. The van der Waals surface area contributed by atoms with Crippen molar-refractivity contribution >= 4 is 0 Å². The molecule has 4 heteroatoms. The van der Waals surface area contributed by atoms with Crippen LogP contribution in [0.4, 0.5) is 8.78 Å². The zero-order chi connectivity index (χ0) is 23.0. The molecule has 0 amide bonds. The Morgan fingerprint density at radius 2 is 1.19 bits per heavy atom. The Bertz CT molecular complexity index is 550. The van der Waals surface area contributed by atoms with Gasteiger partial charge in [0.1, 0.15) is 11.6 Å². The van der Waals surface area contributed by atoms with E-state index in [1.165, 1.54) is 50.7 Å². The van der Waals surface area contributed by atoms with Crippen molar-refractivity contribution in [3.63, 3.8) is 0 Å². The van der Waals surface area contributed by atoms with Crippen LogP contribution < -0.4 is 0 Å². The third-order valence-electron chi connectivity index (χ3n) is 6.20. The maximum Gasteiger partial charge on any atom is 0.168 e. The number of rotatable bonds is 19. The van der Waals surface area contributed by atoms with E-state index in [4.69, 9.17) is 9.47 Å². The van der Waals surface area contributed by atoms with Crippen molar-refractivity contribution in [3.05, 3.63) is 35.4 Å². The molecule has 0 N–H and O–H groups in total. The summed E-state index contributed by atoms with van der Waals surface area (Å²) in [6, 6.07) is 3.81. The van der Waals surface area contributed by atoms with Crippen LogP contribution in [0.3, 0.4) is 0 Å². The highest BCUT2D eigenvalue weighted by molar-refractivity contribution is 5.17. The summed E-state index contributed by atoms with van der Waals surface area (Å²) in [4.78, 5) is 0. The lowest BCUT2D eigenvalue weighted by molar-refractivity contribution is -0.254. The molecule has 0 aliphatic heterocycles. The normalized spacial score (nSPS) is 13.0. The first-order chi connectivity index (χ1) is 14.9. The van der Waals surface area contributed by atoms with Gasteiger partial charge in [0.2, 0.25) is 0 Å². The van der Waals surface area contributed by atoms with E-state index in [-0.39, 0.29) is 0 Å². The van der Waals surface area contributed by atoms with Crippen LogP contribution in [-0.2, 0) is 15.9 Å². The lowest BCUT2D eigenvalue weighted by atomic mass is 9.87. The van der Waals surface area contributed by atoms with Crippen molar-refractivity contribution in [3.8, 4) is 0 Å². The van der Waals surface area contributed by atoms with Crippen molar-refractivity contribution in [2.45, 2.75) is 117 Å². The van der Waals surface area contributed by atoms with Gasteiger partial charge in [0, 0.05) is 25.2 Å². The fraction of sp³-hybridized carbons (Fsp3) is 0.778. The van der Waals surface area contributed by atoms with Crippen LogP contribution in [0.2, 0.25) is 0 Å². The van der Waals surface area contributed by atoms with E-state index in [0.717, 1.165) is 56.6 Å². The molecule has 0 radical (unpaired) electrons. The number of benzene rings is 1. The Morgan fingerprint density at radius 3 is 1.71 bits per heavy atom. The van der Waals surface area contributed by atoms with Gasteiger partial charge in [0.05, 0.1) is 0 Å². The molecule has 0 fully saturated rings. The Labute approximate surface area is 190 Å². The lowest BCUT2D eigenvalue weighted by Crippen LogP contribution is -2.41. The van der Waals surface area contributed by atoms with Crippen LogP contribution in [0, 0.1) is 17.6 Å². The Kier molecular flexibility index (Phi) is 15.0. The molecule has 0 bridgehead atoms. The first-order valence-electron chi connectivity index (χ1n) is 12.7. The summed E-state index contributed by atoms with van der Waals surface area (Å²) in [7, 11) is 0. The monoisotopic (exact) mass is 440 g/mol. The second-order valence-electron chi connectivity index (χ2n) is 8.87. The average molecular weight is 441 g/mol. The Morgan fingerprint density at radius 1 is 0.710 bits per heavy atom. The summed E-state index contributed by atoms with van der Waals surface area (Å²) >= 11 is 0. The average Bonchev–Trinajstić information content (AvgIpc) is 2.71. The highest BCUT2D eigenvalue weighted by Gasteiger charge is 2.34. The topological polar surface area (TPSA) is 18.5 Å². The van der Waals surface area contributed by atoms with E-state index in [9.17, 15) is 8.78 Å². The van der Waals surface area contributed by atoms with E-state index in [0.29, 0.717) is 19.1 Å². The van der Waals surface area contributed by atoms with Crippen LogP contribution in [0.1, 0.15) is 110 Å². The molecule has 0 saturated carbocycles. The molecule has 180 valence electrons. The molecule has 0 saturated heterocycles. The number of unbranched alkanes of at least 4 members (excludes halogenated alkanes) is 8. The van der Waals surface area contributed by atoms with E-state index in [1.807, 2.05) is 13.8 Å². The molecule has 0 aliphatic carbocycles. The van der Waals surface area contributed by atoms with Gasteiger partial charge in [0.15, 0.2) is 5.79 Å². The van der Waals surface area contributed by atoms with Crippen LogP contribution in [0.15, 0.2) is 18.2 Å². The van der Waals surface area contributed by atoms with Crippen molar-refractivity contribution in [1.82, 2.24) is 0 Å². The molecule has 0 aliphatic rings. The van der Waals surface area contributed by atoms with E-state index in [2.05, 4.69) is 13.8 Å². The number of halogens is 2. The molecule has 1 aromatic carbocycles. The second kappa shape index (κ2) is 16.6. The van der Waals surface area contributed by atoms with Gasteiger partial charge >= 0.3 is 0 Å². The SMILES string of the molecule is CCCCCCCCC(CCCCCCc1cc(F)cc(F)c1)C(C)(OCC)OCC. The molecular weight excluding hydrogens is 394 g/mol. The lowest BCUT2D eigenvalue weighted by Gasteiger charge is -2.37. The predicted molar refractivity (Wildman–Crippen MR) is 126 cm³/mol. The Hall–Kier alpha value is -1.00. The van der Waals surface area contributed by atoms with E-state index >= 15 is 0 Å². The van der Waals surface area contributed by atoms with Gasteiger partial charge in [-0.05, 0) is 64.2 Å². The summed E-state index contributed by atoms with van der Waals surface area (Å²) in [6.45, 7) is 9.76. The number of hydrogen-bond acceptors (Lipinski definition) is 2. The maximum atomic E-state index is 13.3. The van der Waals surface area contributed by atoms with Gasteiger partial charge in [-0.15, -0.1) is 0 Å². The van der Waals surface area contributed by atoms with Gasteiger partial charge < -0.3 is 9.47 Å². The fourth-order valence-corrected chi connectivity index (χ4v) is 4.52. The van der Waals surface area contributed by atoms with Crippen molar-refractivity contribution < 1.29 is 18.3 Å². The fourth-order valence-electron chi connectivity index (χ4n) is 4.52. The quantitative estimate of drug-likeness (QED) is 0.158. The molecule has 0 aromatic heterocycles. The van der Waals surface area contributed by atoms with Gasteiger partial charge in [-0.25, -0.2) is 8.78 Å². The molecule has 0 heterocycles. The van der Waals surface area contributed by atoms with Crippen LogP contribution in [0.5, 0.6) is 0 Å². The minimum atomic E-state index is -0.508. The van der Waals surface area contributed by atoms with Crippen LogP contribution in [-0.4, -0.2) is 19.0 Å². The molecule has 1 aromatic rings. The highest BCUT2D eigenvalue weighted by atomic mass is 19.1. The minimum Gasteiger partial charge on any atom is -0.350 e. The summed E-state index contributed by atoms with van der Waals surface area (Å²) in [6.07, 6.45) is 15.0. The number of ether oxygens (including phenoxy) is 2. The molecule has 1 atom stereocenters. The number of hydrogen-bond donors (Lipinski definition) is 0. The summed E-state index contributed by atoms with van der Waals surface area (Å²) in [5, 5.41) is 0. The smallest absolute Gasteiger partial charge is 0.168 e. The van der Waals surface area contributed by atoms with Gasteiger partial charge in [-0.2, -0.15) is 0 Å². The summed E-state index contributed by atoms with van der Waals surface area (Å²) < 4.78 is 38.8. The molecule has 1 rings (SSSR count). The molecular formula is C27H46F2O2. The van der Waals surface area contributed by atoms with Crippen molar-refractivity contribution in [2.75, 3.05) is 13.2 Å². The summed E-state index contributed by atoms with van der Waals surface area (Å²) in [5.74, 6) is -1.08. The van der Waals surface area contributed by atoms with Crippen molar-refractivity contribution in [2.24, 2.45) is 5.92 Å². The molecule has 31 heavy (non-hydrogen) atoms. The van der Waals surface area contributed by atoms with Crippen molar-refractivity contribution in [1.29, 1.82) is 0 Å². The van der Waals surface area contributed by atoms with E-state index < -0.39 is 17.4 Å². The number of aryl methyl sites for hydroxylation is 1. The first-order valence-corrected chi connectivity index (χ1v) is 12.7. The minimum absolute atomic E-state index is 0.399. The molecule has 1 unspecified atom stereocenters. The first kappa shape index (κ1) is 28.0. The largest absolute Gasteiger partial charge is 0.350 e. The zero-order valence-corrected chi connectivity index (χ0v) is 20.5. The van der Waals surface area contributed by atoms with Gasteiger partial charge in [-0.1, -0.05) is 64.7 Å². The third-order valence-corrected chi connectivity index (χ3v) is 6.20. The standard InChI is InChI=1S/C27H46F2O2/c1-5-8-9-10-11-15-18-24(27(4,30-6-2)31-7-3)19-16-13-12-14-17-23-20-25(28)22-26(29)21-23/h20-22,24H,5-19H2,1-4H3. The van der Waals surface area contributed by atoms with Crippen LogP contribution >= 0.6 is 0 Å². The zero-order valence-electron chi connectivity index (χ0n) is 20.5. The van der Waals surface area contributed by atoms with Gasteiger partial charge in [-0.3, -0.25) is 0 Å². The predicted octanol–water partition coefficient (Wildman–Crippen LogP) is 8.61. The molecule has 0 spiro atoms. The maximum absolute atomic E-state index is 13.3. The summed E-state index contributed by atoms with van der Waals surface area (Å²) in [5.41, 5.74) is 0.749. The molecule has 2 nitrogen and oxygen atoms in total. The van der Waals surface area contributed by atoms with Gasteiger partial charge in [0.25, 0.3) is 0 Å². The Balaban J connectivity index is 2.44. The third kappa shape index (κ3) is 12.0. The van der Waals surface area contributed by atoms with Crippen LogP contribution in [0.25, 0.3) is 0 Å². The van der Waals surface area contributed by atoms with E-state index in [1.54, 1.807) is 0 Å². The second-order valence-corrected chi connectivity index (χ2v) is 8.87.